The van der Waals surface area contributed by atoms with Crippen molar-refractivity contribution in [3.8, 4) is 45.5 Å². The molecule has 0 spiro atoms. The quantitative estimate of drug-likeness (QED) is 0.0121. The lowest BCUT2D eigenvalue weighted by Gasteiger charge is -2.30. The number of carbonyl (C=O) groups is 9. The molecule has 632 valence electrons. The van der Waals surface area contributed by atoms with Crippen LogP contribution in [0.2, 0.25) is 0 Å². The second-order valence-corrected chi connectivity index (χ2v) is 36.4. The molecular formula is C88H96ClN9O20S2. The van der Waals surface area contributed by atoms with Gasteiger partial charge in [-0.25, -0.2) is 36.3 Å². The number of aromatic nitrogens is 2. The highest BCUT2D eigenvalue weighted by molar-refractivity contribution is 7.92. The van der Waals surface area contributed by atoms with E-state index in [1.54, 1.807) is 109 Å². The number of hydrogen-bond acceptors (Lipinski definition) is 22. The lowest BCUT2D eigenvalue weighted by atomic mass is 9.99. The molecule has 0 bridgehead atoms. The van der Waals surface area contributed by atoms with Crippen molar-refractivity contribution in [1.82, 2.24) is 45.8 Å². The van der Waals surface area contributed by atoms with Crippen molar-refractivity contribution in [2.75, 3.05) is 46.2 Å². The number of sulfonamides is 1. The number of ether oxygens (including phenoxy) is 7. The van der Waals surface area contributed by atoms with Gasteiger partial charge in [-0.1, -0.05) is 109 Å². The second kappa shape index (κ2) is 36.0. The molecule has 32 heteroatoms. The number of methoxy groups -OCH3 is 2. The van der Waals surface area contributed by atoms with Crippen molar-refractivity contribution in [2.45, 2.75) is 154 Å². The van der Waals surface area contributed by atoms with E-state index in [0.29, 0.717) is 56.2 Å². The molecule has 7 amide bonds. The number of sulfone groups is 1. The monoisotopic (exact) mass is 1700 g/mol. The van der Waals surface area contributed by atoms with Crippen LogP contribution in [0.15, 0.2) is 205 Å². The number of hydrogen-bond donors (Lipinski definition) is 5. The molecule has 6 aromatic carbocycles. The van der Waals surface area contributed by atoms with E-state index in [0.717, 1.165) is 11.1 Å². The van der Waals surface area contributed by atoms with E-state index in [9.17, 15) is 60.0 Å². The maximum absolute atomic E-state index is 14.7. The van der Waals surface area contributed by atoms with E-state index < -0.39 is 167 Å². The molecule has 120 heavy (non-hydrogen) atoms. The van der Waals surface area contributed by atoms with Crippen LogP contribution in [0.1, 0.15) is 80.6 Å². The first kappa shape index (κ1) is 87.5. The number of nitrogens with one attached hydrogen (secondary N) is 5. The van der Waals surface area contributed by atoms with Gasteiger partial charge in [-0.05, 0) is 110 Å². The molecule has 8 aromatic rings. The molecule has 2 unspecified atom stereocenters. The van der Waals surface area contributed by atoms with Crippen LogP contribution in [-0.2, 0) is 72.4 Å². The molecular weight excluding hydrogens is 1600 g/mol. The van der Waals surface area contributed by atoms with Crippen molar-refractivity contribution < 1.29 is 93.1 Å². The van der Waals surface area contributed by atoms with E-state index in [1.807, 2.05) is 72.8 Å². The number of fused-ring (bicyclic) bond motifs is 2. The van der Waals surface area contributed by atoms with Crippen LogP contribution in [0.5, 0.6) is 23.0 Å². The number of amides is 7. The fourth-order valence-electron chi connectivity index (χ4n) is 14.7. The van der Waals surface area contributed by atoms with Crippen LogP contribution in [0.4, 0.5) is 4.79 Å². The minimum Gasteiger partial charge on any atom is -0.497 e. The highest BCUT2D eigenvalue weighted by Crippen LogP contribution is 2.48. The number of halogens is 1. The zero-order valence-electron chi connectivity index (χ0n) is 67.7. The Labute approximate surface area is 700 Å². The number of epoxide rings is 1. The Kier molecular flexibility index (Phi) is 26.3. The minimum absolute atomic E-state index is 0.0102. The third-order valence-corrected chi connectivity index (χ3v) is 24.2. The normalized spacial score (nSPS) is 21.8. The topological polar surface area (TPSA) is 382 Å². The average Bonchev–Trinajstić information content (AvgIpc) is 1.57. The molecule has 13 rings (SSSR count). The van der Waals surface area contributed by atoms with Crippen molar-refractivity contribution >= 4 is 107 Å². The van der Waals surface area contributed by atoms with Gasteiger partial charge in [-0.15, -0.1) is 24.8 Å². The maximum Gasteiger partial charge on any atom is 0.408 e. The Bertz CT molecular complexity index is 5480. The first-order valence-electron chi connectivity index (χ1n) is 39.0. The summed E-state index contributed by atoms with van der Waals surface area (Å²) in [6.45, 7) is 18.7. The fourth-order valence-corrected chi connectivity index (χ4v) is 17.2. The van der Waals surface area contributed by atoms with E-state index in [4.69, 9.17) is 54.7 Å². The summed E-state index contributed by atoms with van der Waals surface area (Å²) in [5, 5.41) is 11.0. The largest absolute Gasteiger partial charge is 0.497 e. The third kappa shape index (κ3) is 20.7. The van der Waals surface area contributed by atoms with Crippen molar-refractivity contribution in [3.63, 3.8) is 0 Å². The van der Waals surface area contributed by atoms with Crippen molar-refractivity contribution in [1.29, 1.82) is 0 Å². The van der Waals surface area contributed by atoms with Gasteiger partial charge in [-0.2, -0.15) is 0 Å². The molecule has 5 heterocycles. The Morgan fingerprint density at radius 2 is 1.06 bits per heavy atom. The van der Waals surface area contributed by atoms with E-state index in [1.165, 1.54) is 72.4 Å². The Morgan fingerprint density at radius 1 is 0.608 bits per heavy atom. The van der Waals surface area contributed by atoms with E-state index in [2.05, 4.69) is 39.1 Å². The summed E-state index contributed by atoms with van der Waals surface area (Å²) in [4.78, 5) is 137. The Balaban J connectivity index is 0.000000220. The molecule has 2 aromatic heterocycles. The number of rotatable bonds is 30. The molecule has 3 saturated heterocycles. The van der Waals surface area contributed by atoms with E-state index >= 15 is 0 Å². The fraction of sp³-hybridized carbons (Fsp3) is 0.375. The number of Topliss-reactive ketones (excluding diaryl/α,β-unsaturated/α-hetero) is 1. The highest BCUT2D eigenvalue weighted by atomic mass is 35.5. The number of alkyl halides is 1. The van der Waals surface area contributed by atoms with Gasteiger partial charge in [-0.3, -0.25) is 38.4 Å². The van der Waals surface area contributed by atoms with Gasteiger partial charge < -0.3 is 64.2 Å². The summed E-state index contributed by atoms with van der Waals surface area (Å²) >= 11 is 5.99. The van der Waals surface area contributed by atoms with Crippen LogP contribution in [0.25, 0.3) is 44.3 Å². The zero-order valence-corrected chi connectivity index (χ0v) is 70.1. The third-order valence-electron chi connectivity index (χ3n) is 21.0. The number of benzene rings is 6. The number of ketones is 1. The van der Waals surface area contributed by atoms with E-state index in [-0.39, 0.29) is 61.6 Å². The minimum atomic E-state index is -4.34. The Morgan fingerprint density at radius 3 is 1.50 bits per heavy atom. The molecule has 29 nitrogen and oxygen atoms in total. The van der Waals surface area contributed by atoms with Gasteiger partial charge in [0.2, 0.25) is 29.5 Å². The molecule has 3 aliphatic heterocycles. The summed E-state index contributed by atoms with van der Waals surface area (Å²) in [5.74, 6) is -6.57. The SMILES string of the molecule is C=CC1C[C@]1(NC(=O)[C@@H]1C[C@@H](Oc2cc(-c3ccccc3)nc3cc(OC)ccc23)CN1C(=O)[C@@H](CC(=O)OC(C)(C)C)C1CO1)C(=O)CS(=O)(=O)c1ccccc1.C=C[C@@H]1C[C@]1(NC(=O)[C@@H]1C[C@@H](Oc2cc(-c3ccccc3)nc3cc(OC)ccc23)CN1C(=O)[C@H](CNC(=O)[C@@H](C)Cl)NC(=O)OC(C)(C)C)C(=O)NS(=O)(=O)c1ccccc1. The Hall–Kier alpha value is -11.8. The first-order chi connectivity index (χ1) is 56.9. The smallest absolute Gasteiger partial charge is 0.408 e. The summed E-state index contributed by atoms with van der Waals surface area (Å²) in [7, 11) is -5.26. The predicted molar refractivity (Wildman–Crippen MR) is 445 cm³/mol. The van der Waals surface area contributed by atoms with Gasteiger partial charge in [0, 0.05) is 77.4 Å². The first-order valence-corrected chi connectivity index (χ1v) is 42.6. The number of likely N-dealkylation sites (tertiary alicyclic amines) is 2. The molecule has 2 saturated carbocycles. The lowest BCUT2D eigenvalue weighted by molar-refractivity contribution is -0.159. The van der Waals surface area contributed by atoms with Gasteiger partial charge in [0.15, 0.2) is 15.6 Å². The van der Waals surface area contributed by atoms with Crippen molar-refractivity contribution in [2.24, 2.45) is 17.8 Å². The zero-order chi connectivity index (χ0) is 86.4. The number of carbonyl (C=O) groups excluding carboxylic acids is 9. The number of nitrogens with zero attached hydrogens (tertiary/aromatic N) is 4. The molecule has 12 atom stereocenters. The molecule has 5 aliphatic rings. The van der Waals surface area contributed by atoms with Crippen LogP contribution < -0.4 is 44.9 Å². The molecule has 0 radical (unpaired) electrons. The van der Waals surface area contributed by atoms with Crippen LogP contribution in [0.3, 0.4) is 0 Å². The predicted octanol–water partition coefficient (Wildman–Crippen LogP) is 9.57. The summed E-state index contributed by atoms with van der Waals surface area (Å²) < 4.78 is 95.9. The summed E-state index contributed by atoms with van der Waals surface area (Å²) in [6, 6.07) is 44.2. The van der Waals surface area contributed by atoms with Crippen LogP contribution in [-0.4, -0.2) is 200 Å². The van der Waals surface area contributed by atoms with Gasteiger partial charge in [0.25, 0.3) is 15.9 Å². The maximum atomic E-state index is 14.7. The highest BCUT2D eigenvalue weighted by Gasteiger charge is 2.63. The summed E-state index contributed by atoms with van der Waals surface area (Å²) in [6.07, 6.45) is -0.327. The molecule has 5 fully saturated rings. The number of esters is 1. The number of alkyl carbamates (subject to hydrolysis) is 1. The van der Waals surface area contributed by atoms with Crippen LogP contribution in [0, 0.1) is 17.8 Å². The summed E-state index contributed by atoms with van der Waals surface area (Å²) in [5.41, 5.74) is -0.990. The molecule has 5 N–H and O–H groups in total. The number of pyridine rings is 2. The molecule has 2 aliphatic carbocycles. The average molecular weight is 1700 g/mol. The second-order valence-electron chi connectivity index (χ2n) is 32.1. The lowest BCUT2D eigenvalue weighted by Crippen LogP contribution is -2.60. The van der Waals surface area contributed by atoms with Crippen molar-refractivity contribution in [3.05, 3.63) is 195 Å². The van der Waals surface area contributed by atoms with Gasteiger partial charge >= 0.3 is 12.1 Å². The standard InChI is InChI=1S/C44H49ClN6O10S.C44H47N3O10S/c1-7-28-23-44(28,41(55)50-62(57,58)31-16-12-9-13-17-31)49-39(53)36-21-30(25-51(36)40(54)35(24-46-38(52)26(2)45)48-42(56)61-43(3,4)5)60-37-22-33(27-14-10-8-11-15-27)47-34-20-29(59-6)18-19-32(34)37;1-6-28-23-44(28,39(48)26-58(52,53)31-15-11-8-12-16-31)46-41(50)36-20-30(24-47(36)42(51)33(38-25-55-38)21-40(49)57-43(2,3)4)56-37-22-34(27-13-9-7-10-14-27)45-35-19-29(54-5)17-18-32(35)37/h7-20,22,26,28,30,35-36H,1,21,23-25H2,2-6H3,(H,46,52)(H,48,56)(H,49,53)(H,50,55);6-19,22,28,30,33,36,38H,1,20-21,23-26H2,2-5H3,(H,46,50)/t26-,28-,30-,35+,36+,44-;28?,30-,33+,36+,38?,44-/m11/s1. The van der Waals surface area contributed by atoms with Gasteiger partial charge in [0.1, 0.15) is 86.7 Å². The van der Waals surface area contributed by atoms with Gasteiger partial charge in [0.05, 0.1) is 84.6 Å². The van der Waals surface area contributed by atoms with Crippen LogP contribution >= 0.6 is 11.6 Å².